The van der Waals surface area contributed by atoms with Gasteiger partial charge in [0.05, 0.1) is 20.6 Å². The molecule has 2 rings (SSSR count). The van der Waals surface area contributed by atoms with Crippen LogP contribution in [0.5, 0.6) is 11.5 Å². The first-order valence-electron chi connectivity index (χ1n) is 4.92. The second kappa shape index (κ2) is 5.51. The molecule has 0 atom stereocenters. The Morgan fingerprint density at radius 2 is 1.78 bits per heavy atom. The molecule has 90 valence electrons. The molecule has 0 saturated heterocycles. The van der Waals surface area contributed by atoms with Gasteiger partial charge >= 0.3 is 0 Å². The number of halogens is 3. The average molecular weight is 371 g/mol. The molecule has 18 heavy (non-hydrogen) atoms. The Labute approximate surface area is 120 Å². The quantitative estimate of drug-likeness (QED) is 0.743. The second-order valence-corrected chi connectivity index (χ2v) is 5.14. The minimum absolute atomic E-state index is 0.375. The highest BCUT2D eigenvalue weighted by Crippen LogP contribution is 2.34. The van der Waals surface area contributed by atoms with Gasteiger partial charge in [0.1, 0.15) is 17.3 Å². The number of nitrogens with zero attached hydrogens (tertiary/aromatic N) is 1. The molecule has 0 unspecified atom stereocenters. The van der Waals surface area contributed by atoms with Gasteiger partial charge in [-0.05, 0) is 62.2 Å². The van der Waals surface area contributed by atoms with E-state index in [2.05, 4.69) is 31.9 Å². The third-order valence-corrected chi connectivity index (χ3v) is 3.45. The van der Waals surface area contributed by atoms with E-state index in [0.29, 0.717) is 26.0 Å². The molecular weight excluding hydrogens is 365 g/mol. The summed E-state index contributed by atoms with van der Waals surface area (Å²) >= 11 is 6.58. The molecule has 5 heteroatoms. The molecule has 0 amide bonds. The van der Waals surface area contributed by atoms with Gasteiger partial charge < -0.3 is 4.74 Å². The van der Waals surface area contributed by atoms with Gasteiger partial charge in [-0.3, -0.25) is 0 Å². The molecule has 0 heterocycles. The van der Waals surface area contributed by atoms with Gasteiger partial charge in [0.15, 0.2) is 0 Å². The van der Waals surface area contributed by atoms with Crippen LogP contribution in [0.15, 0.2) is 45.3 Å². The summed E-state index contributed by atoms with van der Waals surface area (Å²) in [5.41, 5.74) is 0.521. The second-order valence-electron chi connectivity index (χ2n) is 3.43. The zero-order chi connectivity index (χ0) is 13.1. The third-order valence-electron chi connectivity index (χ3n) is 2.17. The monoisotopic (exact) mass is 369 g/mol. The van der Waals surface area contributed by atoms with Crippen LogP contribution in [0.1, 0.15) is 5.56 Å². The predicted octanol–water partition coefficient (Wildman–Crippen LogP) is 5.01. The summed E-state index contributed by atoms with van der Waals surface area (Å²) in [6, 6.07) is 11.1. The van der Waals surface area contributed by atoms with E-state index in [1.165, 1.54) is 12.1 Å². The largest absolute Gasteiger partial charge is 0.455 e. The van der Waals surface area contributed by atoms with E-state index in [1.807, 2.05) is 6.07 Å². The Kier molecular flexibility index (Phi) is 4.00. The Morgan fingerprint density at radius 1 is 1.00 bits per heavy atom. The minimum atomic E-state index is -0.377. The fraction of sp³-hybridized carbons (Fsp3) is 0. The van der Waals surface area contributed by atoms with Crippen LogP contribution in [0.4, 0.5) is 4.39 Å². The molecular formula is C13H6Br2FNO. The van der Waals surface area contributed by atoms with E-state index >= 15 is 0 Å². The van der Waals surface area contributed by atoms with Gasteiger partial charge in [0.25, 0.3) is 0 Å². The van der Waals surface area contributed by atoms with Crippen molar-refractivity contribution < 1.29 is 9.13 Å². The fourth-order valence-electron chi connectivity index (χ4n) is 1.33. The summed E-state index contributed by atoms with van der Waals surface area (Å²) in [5, 5.41) is 8.75. The molecule has 0 aliphatic rings. The first-order chi connectivity index (χ1) is 8.60. The standard InChI is InChI=1S/C13H6Br2FNO/c14-10-3-2-9(16)6-13(10)18-12-4-1-8(7-17)5-11(12)15/h1-6H. The van der Waals surface area contributed by atoms with Crippen molar-refractivity contribution in [3.8, 4) is 17.6 Å². The molecule has 0 aromatic heterocycles. The maximum atomic E-state index is 13.1. The predicted molar refractivity (Wildman–Crippen MR) is 73.0 cm³/mol. The Balaban J connectivity index is 2.34. The number of benzene rings is 2. The third kappa shape index (κ3) is 2.89. The van der Waals surface area contributed by atoms with Crippen molar-refractivity contribution in [1.82, 2.24) is 0 Å². The normalized spacial score (nSPS) is 9.89. The van der Waals surface area contributed by atoms with Crippen molar-refractivity contribution in [3.05, 3.63) is 56.7 Å². The van der Waals surface area contributed by atoms with Crippen LogP contribution in [-0.2, 0) is 0 Å². The summed E-state index contributed by atoms with van der Waals surface area (Å²) in [7, 11) is 0. The number of hydrogen-bond donors (Lipinski definition) is 0. The van der Waals surface area contributed by atoms with Gasteiger partial charge in [0.2, 0.25) is 0 Å². The SMILES string of the molecule is N#Cc1ccc(Oc2cc(F)ccc2Br)c(Br)c1. The van der Waals surface area contributed by atoms with Gasteiger partial charge in [0, 0.05) is 6.07 Å². The molecule has 0 radical (unpaired) electrons. The van der Waals surface area contributed by atoms with Crippen LogP contribution in [0.2, 0.25) is 0 Å². The fourth-order valence-corrected chi connectivity index (χ4v) is 2.11. The van der Waals surface area contributed by atoms with Crippen LogP contribution in [0, 0.1) is 17.1 Å². The Bertz CT molecular complexity index is 637. The van der Waals surface area contributed by atoms with Crippen molar-refractivity contribution in [3.63, 3.8) is 0 Å². The molecule has 0 saturated carbocycles. The topological polar surface area (TPSA) is 33.0 Å². The van der Waals surface area contributed by atoms with Crippen LogP contribution in [-0.4, -0.2) is 0 Å². The molecule has 0 aliphatic heterocycles. The van der Waals surface area contributed by atoms with Crippen molar-refractivity contribution in [2.75, 3.05) is 0 Å². The van der Waals surface area contributed by atoms with E-state index in [1.54, 1.807) is 24.3 Å². The molecule has 0 bridgehead atoms. The zero-order valence-corrected chi connectivity index (χ0v) is 12.1. The smallest absolute Gasteiger partial charge is 0.144 e. The Hall–Kier alpha value is -1.38. The summed E-state index contributed by atoms with van der Waals surface area (Å²) in [4.78, 5) is 0. The van der Waals surface area contributed by atoms with E-state index < -0.39 is 0 Å². The number of nitriles is 1. The lowest BCUT2D eigenvalue weighted by Gasteiger charge is -2.09. The molecule has 2 nitrogen and oxygen atoms in total. The van der Waals surface area contributed by atoms with Gasteiger partial charge in [-0.15, -0.1) is 0 Å². The maximum absolute atomic E-state index is 13.1. The molecule has 0 aliphatic carbocycles. The van der Waals surface area contributed by atoms with Gasteiger partial charge in [-0.1, -0.05) is 0 Å². The lowest BCUT2D eigenvalue weighted by molar-refractivity contribution is 0.471. The highest BCUT2D eigenvalue weighted by Gasteiger charge is 2.08. The lowest BCUT2D eigenvalue weighted by atomic mass is 10.2. The van der Waals surface area contributed by atoms with Crippen LogP contribution >= 0.6 is 31.9 Å². The molecule has 2 aromatic rings. The Morgan fingerprint density at radius 3 is 2.44 bits per heavy atom. The van der Waals surface area contributed by atoms with Crippen LogP contribution in [0.3, 0.4) is 0 Å². The lowest BCUT2D eigenvalue weighted by Crippen LogP contribution is -1.88. The first-order valence-corrected chi connectivity index (χ1v) is 6.51. The number of ether oxygens (including phenoxy) is 1. The minimum Gasteiger partial charge on any atom is -0.455 e. The summed E-state index contributed by atoms with van der Waals surface area (Å²) in [6.45, 7) is 0. The number of rotatable bonds is 2. The van der Waals surface area contributed by atoms with Crippen molar-refractivity contribution in [2.45, 2.75) is 0 Å². The van der Waals surface area contributed by atoms with Crippen molar-refractivity contribution >= 4 is 31.9 Å². The van der Waals surface area contributed by atoms with E-state index in [4.69, 9.17) is 10.00 Å². The van der Waals surface area contributed by atoms with E-state index in [9.17, 15) is 4.39 Å². The van der Waals surface area contributed by atoms with Gasteiger partial charge in [-0.25, -0.2) is 4.39 Å². The number of hydrogen-bond acceptors (Lipinski definition) is 2. The van der Waals surface area contributed by atoms with Crippen LogP contribution < -0.4 is 4.74 Å². The average Bonchev–Trinajstić information content (AvgIpc) is 2.36. The van der Waals surface area contributed by atoms with E-state index in [-0.39, 0.29) is 5.82 Å². The van der Waals surface area contributed by atoms with Crippen LogP contribution in [0.25, 0.3) is 0 Å². The zero-order valence-electron chi connectivity index (χ0n) is 8.95. The maximum Gasteiger partial charge on any atom is 0.144 e. The van der Waals surface area contributed by atoms with Gasteiger partial charge in [-0.2, -0.15) is 5.26 Å². The van der Waals surface area contributed by atoms with E-state index in [0.717, 1.165) is 0 Å². The van der Waals surface area contributed by atoms with Crippen molar-refractivity contribution in [1.29, 1.82) is 5.26 Å². The summed E-state index contributed by atoms with van der Waals surface area (Å²) in [6.07, 6.45) is 0. The first kappa shape index (κ1) is 13.1. The summed E-state index contributed by atoms with van der Waals surface area (Å²) in [5.74, 6) is 0.513. The summed E-state index contributed by atoms with van der Waals surface area (Å²) < 4.78 is 20.0. The highest BCUT2D eigenvalue weighted by atomic mass is 79.9. The molecule has 2 aromatic carbocycles. The van der Waals surface area contributed by atoms with Crippen molar-refractivity contribution in [2.24, 2.45) is 0 Å². The molecule has 0 spiro atoms. The molecule has 0 N–H and O–H groups in total. The molecule has 0 fully saturated rings. The highest BCUT2D eigenvalue weighted by molar-refractivity contribution is 9.11.